The highest BCUT2D eigenvalue weighted by Crippen LogP contribution is 2.28. The zero-order chi connectivity index (χ0) is 20.7. The molecule has 0 saturated heterocycles. The van der Waals surface area contributed by atoms with Crippen molar-refractivity contribution < 1.29 is 4.79 Å². The highest BCUT2D eigenvalue weighted by atomic mass is 16.2. The molecule has 1 saturated carbocycles. The molecule has 1 aromatic heterocycles. The molecule has 2 aromatic rings. The number of imidazole rings is 1. The van der Waals surface area contributed by atoms with Gasteiger partial charge in [-0.2, -0.15) is 0 Å². The van der Waals surface area contributed by atoms with Crippen molar-refractivity contribution in [3.8, 4) is 0 Å². The quantitative estimate of drug-likeness (QED) is 0.537. The molecular weight excluding hydrogens is 358 g/mol. The summed E-state index contributed by atoms with van der Waals surface area (Å²) in [6, 6.07) is 8.57. The molecule has 160 valence electrons. The molecule has 1 amide bonds. The zero-order valence-electron chi connectivity index (χ0n) is 18.7. The smallest absolute Gasteiger partial charge is 0.225 e. The Bertz CT molecular complexity index is 781. The summed E-state index contributed by atoms with van der Waals surface area (Å²) in [7, 11) is 0. The first-order chi connectivity index (χ1) is 13.9. The molecule has 3 rings (SSSR count). The van der Waals surface area contributed by atoms with Crippen molar-refractivity contribution in [2.45, 2.75) is 91.5 Å². The first-order valence-corrected chi connectivity index (χ1v) is 11.7. The fourth-order valence-corrected chi connectivity index (χ4v) is 4.41. The van der Waals surface area contributed by atoms with Gasteiger partial charge in [-0.3, -0.25) is 4.79 Å². The van der Waals surface area contributed by atoms with E-state index in [1.165, 1.54) is 49.9 Å². The van der Waals surface area contributed by atoms with E-state index in [2.05, 4.69) is 34.1 Å². The number of hydrogen-bond acceptors (Lipinski definition) is 2. The van der Waals surface area contributed by atoms with Crippen LogP contribution in [0.1, 0.15) is 84.4 Å². The van der Waals surface area contributed by atoms with E-state index in [-0.39, 0.29) is 11.3 Å². The lowest BCUT2D eigenvalue weighted by Gasteiger charge is -2.22. The predicted molar refractivity (Wildman–Crippen MR) is 121 cm³/mol. The van der Waals surface area contributed by atoms with E-state index >= 15 is 0 Å². The Kier molecular flexibility index (Phi) is 7.74. The van der Waals surface area contributed by atoms with Crippen LogP contribution in [0, 0.1) is 11.3 Å². The summed E-state index contributed by atoms with van der Waals surface area (Å²) in [6.07, 6.45) is 12.6. The summed E-state index contributed by atoms with van der Waals surface area (Å²) >= 11 is 0. The van der Waals surface area contributed by atoms with E-state index in [0.29, 0.717) is 0 Å². The highest BCUT2D eigenvalue weighted by molar-refractivity contribution is 5.81. The average molecular weight is 398 g/mol. The Morgan fingerprint density at radius 2 is 1.86 bits per heavy atom. The number of amides is 1. The van der Waals surface area contributed by atoms with Gasteiger partial charge in [-0.05, 0) is 37.3 Å². The van der Waals surface area contributed by atoms with E-state index in [1.54, 1.807) is 0 Å². The van der Waals surface area contributed by atoms with Gasteiger partial charge in [0.15, 0.2) is 0 Å². The number of aromatic nitrogens is 2. The second kappa shape index (κ2) is 10.3. The van der Waals surface area contributed by atoms with Crippen LogP contribution in [0.25, 0.3) is 11.0 Å². The van der Waals surface area contributed by atoms with Gasteiger partial charge in [-0.15, -0.1) is 0 Å². The number of fused-ring (bicyclic) bond motifs is 1. The number of para-hydroxylation sites is 2. The minimum atomic E-state index is -0.302. The number of aryl methyl sites for hydroxylation is 2. The van der Waals surface area contributed by atoms with Crippen LogP contribution in [0.15, 0.2) is 24.3 Å². The van der Waals surface area contributed by atoms with Crippen molar-refractivity contribution in [1.82, 2.24) is 14.9 Å². The van der Waals surface area contributed by atoms with Crippen molar-refractivity contribution in [3.05, 3.63) is 30.1 Å². The van der Waals surface area contributed by atoms with Gasteiger partial charge in [0.05, 0.1) is 11.0 Å². The fraction of sp³-hybridized carbons (Fsp3) is 0.680. The number of nitrogens with one attached hydrogen (secondary N) is 1. The molecule has 1 aliphatic rings. The summed E-state index contributed by atoms with van der Waals surface area (Å²) in [5.74, 6) is 2.27. The summed E-state index contributed by atoms with van der Waals surface area (Å²) in [5.41, 5.74) is 2.11. The maximum absolute atomic E-state index is 11.9. The molecule has 0 radical (unpaired) electrons. The van der Waals surface area contributed by atoms with Crippen LogP contribution in [-0.2, 0) is 17.8 Å². The number of hydrogen-bond donors (Lipinski definition) is 1. The second-order valence-electron chi connectivity index (χ2n) is 9.78. The fourth-order valence-electron chi connectivity index (χ4n) is 4.41. The monoisotopic (exact) mass is 397 g/mol. The Morgan fingerprint density at radius 3 is 2.62 bits per heavy atom. The summed E-state index contributed by atoms with van der Waals surface area (Å²) in [5, 5.41) is 3.05. The molecule has 1 aliphatic carbocycles. The third-order valence-electron chi connectivity index (χ3n) is 6.26. The van der Waals surface area contributed by atoms with Crippen LogP contribution in [0.3, 0.4) is 0 Å². The predicted octanol–water partition coefficient (Wildman–Crippen LogP) is 5.88. The molecule has 1 aromatic carbocycles. The Balaban J connectivity index is 1.51. The number of benzene rings is 1. The van der Waals surface area contributed by atoms with Crippen LogP contribution in [0.2, 0.25) is 0 Å². The van der Waals surface area contributed by atoms with Gasteiger partial charge in [-0.25, -0.2) is 4.98 Å². The molecule has 1 fully saturated rings. The topological polar surface area (TPSA) is 46.9 Å². The molecule has 0 unspecified atom stereocenters. The minimum Gasteiger partial charge on any atom is -0.356 e. The maximum atomic E-state index is 11.9. The van der Waals surface area contributed by atoms with Gasteiger partial charge in [0, 0.05) is 24.9 Å². The van der Waals surface area contributed by atoms with Gasteiger partial charge in [0.25, 0.3) is 0 Å². The van der Waals surface area contributed by atoms with E-state index in [9.17, 15) is 4.79 Å². The van der Waals surface area contributed by atoms with E-state index in [0.717, 1.165) is 50.2 Å². The van der Waals surface area contributed by atoms with Crippen LogP contribution in [0.4, 0.5) is 0 Å². The number of rotatable bonds is 9. The van der Waals surface area contributed by atoms with Gasteiger partial charge < -0.3 is 9.88 Å². The Labute approximate surface area is 176 Å². The van der Waals surface area contributed by atoms with Crippen molar-refractivity contribution in [1.29, 1.82) is 0 Å². The molecule has 1 heterocycles. The molecular formula is C25H39N3O. The molecule has 4 nitrogen and oxygen atoms in total. The molecule has 29 heavy (non-hydrogen) atoms. The minimum absolute atomic E-state index is 0.141. The third kappa shape index (κ3) is 6.32. The Hall–Kier alpha value is -1.84. The first-order valence-electron chi connectivity index (χ1n) is 11.7. The van der Waals surface area contributed by atoms with Gasteiger partial charge in [0.1, 0.15) is 5.82 Å². The van der Waals surface area contributed by atoms with E-state index < -0.39 is 0 Å². The number of carbonyl (C=O) groups excluding carboxylic acids is 1. The SMILES string of the molecule is CC(C)(C)C(=O)NCCCCCc1nc2ccccc2n1CCC1CCCCC1. The zero-order valence-corrected chi connectivity index (χ0v) is 18.7. The van der Waals surface area contributed by atoms with Crippen molar-refractivity contribution >= 4 is 16.9 Å². The normalized spacial score (nSPS) is 15.7. The molecule has 1 N–H and O–H groups in total. The summed E-state index contributed by atoms with van der Waals surface area (Å²) in [4.78, 5) is 16.9. The van der Waals surface area contributed by atoms with Crippen LogP contribution in [-0.4, -0.2) is 22.0 Å². The lowest BCUT2D eigenvalue weighted by molar-refractivity contribution is -0.128. The van der Waals surface area contributed by atoms with Crippen LogP contribution >= 0.6 is 0 Å². The number of unbranched alkanes of at least 4 members (excludes halogenated alkanes) is 2. The number of nitrogens with zero attached hydrogens (tertiary/aromatic N) is 2. The van der Waals surface area contributed by atoms with Crippen LogP contribution in [0.5, 0.6) is 0 Å². The molecule has 0 aliphatic heterocycles. The lowest BCUT2D eigenvalue weighted by atomic mass is 9.87. The summed E-state index contributed by atoms with van der Waals surface area (Å²) < 4.78 is 2.48. The standard InChI is InChI=1S/C25H39N3O/c1-25(2,3)24(29)26-18-11-5-8-16-23-27-21-14-9-10-15-22(21)28(23)19-17-20-12-6-4-7-13-20/h9-10,14-15,20H,4-8,11-13,16-19H2,1-3H3,(H,26,29). The average Bonchev–Trinajstić information content (AvgIpc) is 3.06. The highest BCUT2D eigenvalue weighted by Gasteiger charge is 2.20. The van der Waals surface area contributed by atoms with E-state index in [1.807, 2.05) is 20.8 Å². The largest absolute Gasteiger partial charge is 0.356 e. The Morgan fingerprint density at radius 1 is 1.10 bits per heavy atom. The second-order valence-corrected chi connectivity index (χ2v) is 9.78. The van der Waals surface area contributed by atoms with E-state index in [4.69, 9.17) is 4.98 Å². The molecule has 0 atom stereocenters. The maximum Gasteiger partial charge on any atom is 0.225 e. The van der Waals surface area contributed by atoms with Gasteiger partial charge >= 0.3 is 0 Å². The van der Waals surface area contributed by atoms with Crippen molar-refractivity contribution in [2.75, 3.05) is 6.54 Å². The van der Waals surface area contributed by atoms with Crippen molar-refractivity contribution in [2.24, 2.45) is 11.3 Å². The van der Waals surface area contributed by atoms with Crippen LogP contribution < -0.4 is 5.32 Å². The molecule has 0 bridgehead atoms. The van der Waals surface area contributed by atoms with Gasteiger partial charge in [-0.1, -0.05) is 71.4 Å². The number of carbonyl (C=O) groups is 1. The summed E-state index contributed by atoms with van der Waals surface area (Å²) in [6.45, 7) is 7.75. The molecule has 0 spiro atoms. The first kappa shape index (κ1) is 21.9. The van der Waals surface area contributed by atoms with Gasteiger partial charge in [0.2, 0.25) is 5.91 Å². The molecule has 4 heteroatoms. The van der Waals surface area contributed by atoms with Crippen molar-refractivity contribution in [3.63, 3.8) is 0 Å². The third-order valence-corrected chi connectivity index (χ3v) is 6.26. The lowest BCUT2D eigenvalue weighted by Crippen LogP contribution is -2.35.